The van der Waals surface area contributed by atoms with Gasteiger partial charge < -0.3 is 10.5 Å². The van der Waals surface area contributed by atoms with Crippen LogP contribution in [0, 0.1) is 0 Å². The third-order valence-electron chi connectivity index (χ3n) is 2.11. The highest BCUT2D eigenvalue weighted by atomic mass is 79.9. The van der Waals surface area contributed by atoms with E-state index in [-0.39, 0.29) is 6.61 Å². The zero-order chi connectivity index (χ0) is 13.1. The molecule has 0 saturated heterocycles. The van der Waals surface area contributed by atoms with Gasteiger partial charge in [-0.25, -0.2) is 4.79 Å². The summed E-state index contributed by atoms with van der Waals surface area (Å²) < 4.78 is 5.77. The van der Waals surface area contributed by atoms with Gasteiger partial charge in [0.15, 0.2) is 6.61 Å². The number of carbonyl (C=O) groups excluding carboxylic acids is 1. The molecule has 0 aliphatic heterocycles. The normalized spacial score (nSPS) is 10.3. The fraction of sp³-hybridized carbons (Fsp3) is 0.200. The van der Waals surface area contributed by atoms with Crippen LogP contribution >= 0.6 is 15.9 Å². The number of aryl methyl sites for hydroxylation is 1. The lowest BCUT2D eigenvalue weighted by Gasteiger charge is -2.04. The molecule has 0 radical (unpaired) electrons. The third-order valence-corrected chi connectivity index (χ3v) is 2.84. The van der Waals surface area contributed by atoms with Crippen molar-refractivity contribution in [3.05, 3.63) is 34.1 Å². The summed E-state index contributed by atoms with van der Waals surface area (Å²) in [5.41, 5.74) is 6.53. The zero-order valence-electron chi connectivity index (χ0n) is 9.50. The molecule has 18 heavy (non-hydrogen) atoms. The van der Waals surface area contributed by atoms with Crippen LogP contribution < -0.4 is 5.73 Å². The van der Waals surface area contributed by atoms with Crippen LogP contribution in [0.3, 0.4) is 0 Å². The van der Waals surface area contributed by atoms with Crippen LogP contribution in [0.5, 0.6) is 0 Å². The molecule has 1 aromatic heterocycles. The molecular weight excluding hydrogens is 302 g/mol. The molecule has 0 fully saturated rings. The summed E-state index contributed by atoms with van der Waals surface area (Å²) in [5, 5.41) is 11.2. The minimum Gasteiger partial charge on any atom is -0.454 e. The summed E-state index contributed by atoms with van der Waals surface area (Å²) in [6.07, 6.45) is 0. The average molecular weight is 312 g/mol. The Hall–Kier alpha value is -1.96. The van der Waals surface area contributed by atoms with Crippen LogP contribution in [0.2, 0.25) is 0 Å². The lowest BCUT2D eigenvalue weighted by Crippen LogP contribution is -2.07. The second-order valence-corrected chi connectivity index (χ2v) is 4.36. The predicted molar refractivity (Wildman–Crippen MR) is 66.5 cm³/mol. The number of aromatic nitrogens is 4. The van der Waals surface area contributed by atoms with E-state index in [1.165, 1.54) is 10.9 Å². The number of hydrogen-bond acceptors (Lipinski definition) is 6. The first-order chi connectivity index (χ1) is 8.56. The van der Waals surface area contributed by atoms with Crippen molar-refractivity contribution >= 4 is 27.6 Å². The lowest BCUT2D eigenvalue weighted by atomic mass is 10.2. The number of esters is 1. The molecule has 0 aliphatic rings. The first-order valence-corrected chi connectivity index (χ1v) is 5.80. The molecule has 2 rings (SSSR count). The highest BCUT2D eigenvalue weighted by Crippen LogP contribution is 2.20. The molecule has 0 saturated carbocycles. The van der Waals surface area contributed by atoms with Gasteiger partial charge in [-0.05, 0) is 39.3 Å². The number of benzene rings is 1. The number of hydrogen-bond donors (Lipinski definition) is 1. The maximum Gasteiger partial charge on any atom is 0.338 e. The van der Waals surface area contributed by atoms with Crippen LogP contribution in [0.1, 0.15) is 16.2 Å². The number of halogens is 1. The summed E-state index contributed by atoms with van der Waals surface area (Å²) in [6.45, 7) is -0.0252. The molecule has 0 amide bonds. The van der Waals surface area contributed by atoms with Crippen LogP contribution in [0.4, 0.5) is 5.69 Å². The topological polar surface area (TPSA) is 95.9 Å². The van der Waals surface area contributed by atoms with Crippen molar-refractivity contribution in [2.45, 2.75) is 6.61 Å². The first kappa shape index (κ1) is 12.5. The van der Waals surface area contributed by atoms with E-state index in [4.69, 9.17) is 10.5 Å². The molecule has 8 heteroatoms. The van der Waals surface area contributed by atoms with E-state index in [2.05, 4.69) is 31.3 Å². The monoisotopic (exact) mass is 311 g/mol. The van der Waals surface area contributed by atoms with Crippen LogP contribution in [0.15, 0.2) is 22.7 Å². The van der Waals surface area contributed by atoms with Gasteiger partial charge in [-0.15, -0.1) is 10.2 Å². The highest BCUT2D eigenvalue weighted by molar-refractivity contribution is 9.10. The van der Waals surface area contributed by atoms with Crippen LogP contribution in [-0.2, 0) is 18.4 Å². The molecular formula is C10H10BrN5O2. The van der Waals surface area contributed by atoms with Gasteiger partial charge in [0, 0.05) is 10.2 Å². The standard InChI is InChI=1S/C10H10BrN5O2/c1-16-14-9(13-15-16)5-18-10(17)6-2-3-7(11)8(12)4-6/h2-4H,5,12H2,1H3. The summed E-state index contributed by atoms with van der Waals surface area (Å²) in [5.74, 6) is -0.141. The quantitative estimate of drug-likeness (QED) is 0.668. The molecule has 2 aromatic rings. The molecule has 0 atom stereocenters. The van der Waals surface area contributed by atoms with Crippen LogP contribution in [-0.4, -0.2) is 26.2 Å². The average Bonchev–Trinajstić information content (AvgIpc) is 2.75. The minimum absolute atomic E-state index is 0.0252. The van der Waals surface area contributed by atoms with Crippen LogP contribution in [0.25, 0.3) is 0 Å². The molecule has 0 spiro atoms. The number of rotatable bonds is 3. The van der Waals surface area contributed by atoms with E-state index in [1.54, 1.807) is 19.2 Å². The Labute approximate surface area is 111 Å². The number of anilines is 1. The fourth-order valence-electron chi connectivity index (χ4n) is 1.27. The maximum absolute atomic E-state index is 11.7. The van der Waals surface area contributed by atoms with E-state index < -0.39 is 5.97 Å². The molecule has 2 N–H and O–H groups in total. The Morgan fingerprint density at radius 3 is 2.94 bits per heavy atom. The van der Waals surface area contributed by atoms with Gasteiger partial charge in [-0.2, -0.15) is 4.80 Å². The Kier molecular flexibility index (Phi) is 3.56. The zero-order valence-corrected chi connectivity index (χ0v) is 11.1. The largest absolute Gasteiger partial charge is 0.454 e. The molecule has 0 unspecified atom stereocenters. The first-order valence-electron chi connectivity index (χ1n) is 5.01. The SMILES string of the molecule is Cn1nnc(COC(=O)c2ccc(Br)c(N)c2)n1. The molecule has 0 bridgehead atoms. The number of carbonyl (C=O) groups is 1. The van der Waals surface area contributed by atoms with Crippen molar-refractivity contribution in [2.75, 3.05) is 5.73 Å². The van der Waals surface area contributed by atoms with Crippen molar-refractivity contribution in [3.8, 4) is 0 Å². The summed E-state index contributed by atoms with van der Waals surface area (Å²) in [4.78, 5) is 13.0. The molecule has 0 aliphatic carbocycles. The van der Waals surface area contributed by atoms with E-state index >= 15 is 0 Å². The van der Waals surface area contributed by atoms with E-state index in [1.807, 2.05) is 0 Å². The highest BCUT2D eigenvalue weighted by Gasteiger charge is 2.10. The van der Waals surface area contributed by atoms with Gasteiger partial charge in [0.25, 0.3) is 0 Å². The summed E-state index contributed by atoms with van der Waals surface area (Å²) in [7, 11) is 1.63. The van der Waals surface area contributed by atoms with E-state index in [9.17, 15) is 4.79 Å². The van der Waals surface area contributed by atoms with Gasteiger partial charge >= 0.3 is 5.97 Å². The van der Waals surface area contributed by atoms with Crippen molar-refractivity contribution < 1.29 is 9.53 Å². The molecule has 1 aromatic carbocycles. The Balaban J connectivity index is 2.01. The Morgan fingerprint density at radius 2 is 2.33 bits per heavy atom. The second kappa shape index (κ2) is 5.13. The van der Waals surface area contributed by atoms with Gasteiger partial charge in [0.05, 0.1) is 12.6 Å². The van der Waals surface area contributed by atoms with E-state index in [0.717, 1.165) is 4.47 Å². The van der Waals surface area contributed by atoms with Gasteiger partial charge in [0.1, 0.15) is 0 Å². The second-order valence-electron chi connectivity index (χ2n) is 3.51. The fourth-order valence-corrected chi connectivity index (χ4v) is 1.51. The number of nitrogen functional groups attached to an aromatic ring is 1. The van der Waals surface area contributed by atoms with Crippen molar-refractivity contribution in [1.82, 2.24) is 20.2 Å². The smallest absolute Gasteiger partial charge is 0.338 e. The van der Waals surface area contributed by atoms with Crippen molar-refractivity contribution in [1.29, 1.82) is 0 Å². The van der Waals surface area contributed by atoms with E-state index in [0.29, 0.717) is 17.1 Å². The number of tetrazole rings is 1. The van der Waals surface area contributed by atoms with Crippen molar-refractivity contribution in [2.24, 2.45) is 7.05 Å². The maximum atomic E-state index is 11.7. The molecule has 94 valence electrons. The predicted octanol–water partition coefficient (Wildman–Crippen LogP) is 0.912. The van der Waals surface area contributed by atoms with Gasteiger partial charge in [-0.3, -0.25) is 0 Å². The Bertz CT molecular complexity index is 583. The number of nitrogens with two attached hydrogens (primary N) is 1. The molecule has 7 nitrogen and oxygen atoms in total. The molecule has 1 heterocycles. The summed E-state index contributed by atoms with van der Waals surface area (Å²) >= 11 is 3.25. The number of ether oxygens (including phenoxy) is 1. The summed E-state index contributed by atoms with van der Waals surface area (Å²) in [6, 6.07) is 4.84. The Morgan fingerprint density at radius 1 is 1.56 bits per heavy atom. The van der Waals surface area contributed by atoms with Gasteiger partial charge in [0.2, 0.25) is 5.82 Å². The van der Waals surface area contributed by atoms with Crippen molar-refractivity contribution in [3.63, 3.8) is 0 Å². The number of nitrogens with zero attached hydrogens (tertiary/aromatic N) is 4. The van der Waals surface area contributed by atoms with Gasteiger partial charge in [-0.1, -0.05) is 0 Å². The minimum atomic E-state index is -0.485. The lowest BCUT2D eigenvalue weighted by molar-refractivity contribution is 0.0462. The third kappa shape index (κ3) is 2.83.